The molecule has 1 rings (SSSR count). The first-order valence-electron chi connectivity index (χ1n) is 6.30. The summed E-state index contributed by atoms with van der Waals surface area (Å²) in [7, 11) is 1.16. The van der Waals surface area contributed by atoms with Gasteiger partial charge < -0.3 is 10.0 Å². The van der Waals surface area contributed by atoms with E-state index >= 15 is 0 Å². The smallest absolute Gasteiger partial charge is 0.335 e. The van der Waals surface area contributed by atoms with Gasteiger partial charge in [-0.3, -0.25) is 0 Å². The number of sulfonamides is 1. The van der Waals surface area contributed by atoms with Gasteiger partial charge in [-0.2, -0.15) is 0 Å². The fourth-order valence-corrected chi connectivity index (χ4v) is 2.99. The largest absolute Gasteiger partial charge is 0.478 e. The van der Waals surface area contributed by atoms with Crippen LogP contribution in [0.5, 0.6) is 0 Å². The maximum atomic E-state index is 13.8. The van der Waals surface area contributed by atoms with Crippen LogP contribution in [-0.4, -0.2) is 62.9 Å². The second kappa shape index (κ2) is 6.97. The molecule has 0 unspecified atom stereocenters. The van der Waals surface area contributed by atoms with Crippen LogP contribution in [0.4, 0.5) is 4.39 Å². The van der Waals surface area contributed by atoms with Gasteiger partial charge in [0.2, 0.25) is 10.0 Å². The van der Waals surface area contributed by atoms with E-state index in [0.29, 0.717) is 19.0 Å². The second-order valence-corrected chi connectivity index (χ2v) is 6.95. The third-order valence-electron chi connectivity index (χ3n) is 2.95. The minimum atomic E-state index is -3.96. The number of nitrogens with zero attached hydrogens (tertiary/aromatic N) is 2. The minimum Gasteiger partial charge on any atom is -0.478 e. The van der Waals surface area contributed by atoms with Crippen molar-refractivity contribution < 1.29 is 22.7 Å². The monoisotopic (exact) mass is 318 g/mol. The maximum Gasteiger partial charge on any atom is 0.335 e. The lowest BCUT2D eigenvalue weighted by Crippen LogP contribution is -2.30. The van der Waals surface area contributed by atoms with Crippen LogP contribution < -0.4 is 0 Å². The van der Waals surface area contributed by atoms with Gasteiger partial charge in [0, 0.05) is 13.6 Å². The minimum absolute atomic E-state index is 0.251. The summed E-state index contributed by atoms with van der Waals surface area (Å²) in [5, 5.41) is 8.75. The van der Waals surface area contributed by atoms with E-state index in [2.05, 4.69) is 0 Å². The van der Waals surface area contributed by atoms with Crippen molar-refractivity contribution in [2.75, 3.05) is 34.2 Å². The Hall–Kier alpha value is -1.51. The third kappa shape index (κ3) is 4.48. The van der Waals surface area contributed by atoms with Gasteiger partial charge in [0.15, 0.2) is 0 Å². The number of carboxylic acid groups (broad SMARTS) is 1. The van der Waals surface area contributed by atoms with E-state index in [-0.39, 0.29) is 12.1 Å². The van der Waals surface area contributed by atoms with Gasteiger partial charge in [0.05, 0.1) is 5.56 Å². The Labute approximate surface area is 123 Å². The number of aromatic carboxylic acids is 1. The van der Waals surface area contributed by atoms with Crippen LogP contribution in [0.15, 0.2) is 23.1 Å². The van der Waals surface area contributed by atoms with Crippen LogP contribution >= 0.6 is 0 Å². The van der Waals surface area contributed by atoms with Crippen molar-refractivity contribution in [1.82, 2.24) is 9.21 Å². The molecule has 0 amide bonds. The van der Waals surface area contributed by atoms with Gasteiger partial charge in [0.25, 0.3) is 0 Å². The molecule has 1 N–H and O–H groups in total. The molecule has 0 atom stereocenters. The molecule has 0 aliphatic carbocycles. The molecule has 1 aromatic carbocycles. The molecule has 0 saturated heterocycles. The van der Waals surface area contributed by atoms with Crippen molar-refractivity contribution in [2.45, 2.75) is 11.3 Å². The van der Waals surface area contributed by atoms with Crippen molar-refractivity contribution in [1.29, 1.82) is 0 Å². The Kier molecular flexibility index (Phi) is 5.82. The van der Waals surface area contributed by atoms with E-state index in [4.69, 9.17) is 5.11 Å². The Morgan fingerprint density at radius 3 is 2.33 bits per heavy atom. The number of carbonyl (C=O) groups is 1. The van der Waals surface area contributed by atoms with Crippen LogP contribution in [0.2, 0.25) is 0 Å². The molecule has 21 heavy (non-hydrogen) atoms. The lowest BCUT2D eigenvalue weighted by atomic mass is 10.2. The average Bonchev–Trinajstić information content (AvgIpc) is 2.37. The predicted octanol–water partition coefficient (Wildman–Crippen LogP) is 1.10. The van der Waals surface area contributed by atoms with Crippen molar-refractivity contribution in [2.24, 2.45) is 0 Å². The molecule has 118 valence electrons. The zero-order valence-electron chi connectivity index (χ0n) is 12.2. The zero-order valence-corrected chi connectivity index (χ0v) is 13.0. The number of hydrogen-bond acceptors (Lipinski definition) is 4. The first-order chi connectivity index (χ1) is 9.66. The van der Waals surface area contributed by atoms with Crippen LogP contribution in [0.3, 0.4) is 0 Å². The predicted molar refractivity (Wildman–Crippen MR) is 76.3 cm³/mol. The Balaban J connectivity index is 2.94. The van der Waals surface area contributed by atoms with E-state index in [1.165, 1.54) is 7.05 Å². The Morgan fingerprint density at radius 1 is 1.24 bits per heavy atom. The molecule has 0 saturated carbocycles. The number of benzene rings is 1. The molecule has 0 aliphatic heterocycles. The quantitative estimate of drug-likeness (QED) is 0.814. The zero-order chi connectivity index (χ0) is 16.2. The summed E-state index contributed by atoms with van der Waals surface area (Å²) in [6.07, 6.45) is 0.609. The third-order valence-corrected chi connectivity index (χ3v) is 4.84. The van der Waals surface area contributed by atoms with Gasteiger partial charge in [-0.15, -0.1) is 0 Å². The Bertz CT molecular complexity index is 617. The molecule has 0 aromatic heterocycles. The fourth-order valence-electron chi connectivity index (χ4n) is 1.74. The molecule has 0 radical (unpaired) electrons. The van der Waals surface area contributed by atoms with Crippen LogP contribution in [0.25, 0.3) is 0 Å². The molecule has 0 spiro atoms. The number of carboxylic acids is 1. The van der Waals surface area contributed by atoms with Gasteiger partial charge in [-0.25, -0.2) is 21.9 Å². The second-order valence-electron chi connectivity index (χ2n) is 4.93. The summed E-state index contributed by atoms with van der Waals surface area (Å²) < 4.78 is 39.4. The summed E-state index contributed by atoms with van der Waals surface area (Å²) >= 11 is 0. The van der Waals surface area contributed by atoms with Crippen LogP contribution in [0, 0.1) is 5.82 Å². The van der Waals surface area contributed by atoms with E-state index in [9.17, 15) is 17.6 Å². The van der Waals surface area contributed by atoms with E-state index < -0.39 is 26.7 Å². The first-order valence-corrected chi connectivity index (χ1v) is 7.74. The molecule has 8 heteroatoms. The maximum absolute atomic E-state index is 13.8. The summed E-state index contributed by atoms with van der Waals surface area (Å²) in [5.74, 6) is -2.37. The van der Waals surface area contributed by atoms with Crippen LogP contribution in [0.1, 0.15) is 16.8 Å². The highest BCUT2D eigenvalue weighted by Gasteiger charge is 2.25. The van der Waals surface area contributed by atoms with Crippen molar-refractivity contribution in [3.63, 3.8) is 0 Å². The highest BCUT2D eigenvalue weighted by Crippen LogP contribution is 2.19. The van der Waals surface area contributed by atoms with E-state index in [1.54, 1.807) is 0 Å². The van der Waals surface area contributed by atoms with Crippen molar-refractivity contribution >= 4 is 16.0 Å². The standard InChI is InChI=1S/C13H19FN2O4S/c1-15(2)7-4-8-16(3)21(19,20)12-6-5-10(13(17)18)9-11(12)14/h5-6,9H,4,7-8H2,1-3H3,(H,17,18). The molecule has 0 aliphatic rings. The normalized spacial score (nSPS) is 12.1. The van der Waals surface area contributed by atoms with Gasteiger partial charge in [-0.1, -0.05) is 0 Å². The first kappa shape index (κ1) is 17.5. The molecule has 1 aromatic rings. The number of halogens is 1. The van der Waals surface area contributed by atoms with Gasteiger partial charge in [0.1, 0.15) is 10.7 Å². The molecule has 0 fully saturated rings. The van der Waals surface area contributed by atoms with Crippen molar-refractivity contribution in [3.8, 4) is 0 Å². The van der Waals surface area contributed by atoms with Crippen molar-refractivity contribution in [3.05, 3.63) is 29.6 Å². The summed E-state index contributed by atoms with van der Waals surface area (Å²) in [4.78, 5) is 12.1. The average molecular weight is 318 g/mol. The molecular weight excluding hydrogens is 299 g/mol. The van der Waals surface area contributed by atoms with Gasteiger partial charge >= 0.3 is 5.97 Å². The van der Waals surface area contributed by atoms with Gasteiger partial charge in [-0.05, 0) is 45.3 Å². The van der Waals surface area contributed by atoms with Crippen LogP contribution in [-0.2, 0) is 10.0 Å². The summed E-state index contributed by atoms with van der Waals surface area (Å²) in [6.45, 7) is 0.959. The molecule has 0 heterocycles. The van der Waals surface area contributed by atoms with E-state index in [0.717, 1.165) is 16.4 Å². The Morgan fingerprint density at radius 2 is 1.86 bits per heavy atom. The molecular formula is C13H19FN2O4S. The lowest BCUT2D eigenvalue weighted by molar-refractivity contribution is 0.0696. The highest BCUT2D eigenvalue weighted by atomic mass is 32.2. The SMILES string of the molecule is CN(C)CCCN(C)S(=O)(=O)c1ccc(C(=O)O)cc1F. The highest BCUT2D eigenvalue weighted by molar-refractivity contribution is 7.89. The summed E-state index contributed by atoms with van der Waals surface area (Å²) in [6, 6.07) is 2.77. The number of rotatable bonds is 7. The van der Waals surface area contributed by atoms with E-state index in [1.807, 2.05) is 19.0 Å². The topological polar surface area (TPSA) is 77.9 Å². The molecule has 0 bridgehead atoms. The molecule has 6 nitrogen and oxygen atoms in total. The lowest BCUT2D eigenvalue weighted by Gasteiger charge is -2.18. The fraction of sp³-hybridized carbons (Fsp3) is 0.462. The number of hydrogen-bond donors (Lipinski definition) is 1. The summed E-state index contributed by atoms with van der Waals surface area (Å²) in [5.41, 5.74) is -0.290.